The average molecular weight is 330 g/mol. The molecule has 2 rings (SSSR count). The Kier molecular flexibility index (Phi) is 5.54. The maximum Gasteiger partial charge on any atom is 0.240 e. The second-order valence-corrected chi connectivity index (χ2v) is 6.05. The number of hydrogen-bond donors (Lipinski definition) is 1. The molecule has 24 heavy (non-hydrogen) atoms. The summed E-state index contributed by atoms with van der Waals surface area (Å²) >= 11 is 0. The van der Waals surface area contributed by atoms with E-state index >= 15 is 0 Å². The number of carbonyl (C=O) groups is 2. The van der Waals surface area contributed by atoms with Crippen LogP contribution in [0.5, 0.6) is 0 Å². The van der Waals surface area contributed by atoms with Crippen LogP contribution in [0.3, 0.4) is 0 Å². The number of rotatable bonds is 6. The zero-order valence-electron chi connectivity index (χ0n) is 14.5. The minimum atomic E-state index is -0.324. The second-order valence-electron chi connectivity index (χ2n) is 6.05. The van der Waals surface area contributed by atoms with E-state index in [1.165, 1.54) is 19.1 Å². The van der Waals surface area contributed by atoms with Gasteiger partial charge in [-0.1, -0.05) is 6.92 Å². The fraction of sp³-hybridized carbons (Fsp3) is 0.368. The molecule has 0 aliphatic carbocycles. The molecule has 0 unspecified atom stereocenters. The molecule has 0 aliphatic rings. The number of nitrogens with one attached hydrogen (secondary N) is 1. The van der Waals surface area contributed by atoms with E-state index in [9.17, 15) is 14.0 Å². The van der Waals surface area contributed by atoms with Crippen LogP contribution in [0, 0.1) is 12.7 Å². The molecule has 0 fully saturated rings. The normalized spacial score (nSPS) is 12.0. The highest BCUT2D eigenvalue weighted by atomic mass is 19.1. The molecule has 0 saturated heterocycles. The van der Waals surface area contributed by atoms with Crippen molar-refractivity contribution in [3.8, 4) is 11.3 Å². The van der Waals surface area contributed by atoms with Crippen molar-refractivity contribution in [1.29, 1.82) is 0 Å². The predicted octanol–water partition coefficient (Wildman–Crippen LogP) is 3.72. The largest absolute Gasteiger partial charge is 0.352 e. The standard InChI is InChI=1S/C19H23FN2O2/c1-5-12(2)21-19(24)11-22-13(3)17(14(4)23)10-18(22)15-6-8-16(20)9-7-15/h6-10,12H,5,11H2,1-4H3,(H,21,24)/t12-/m0/s1. The van der Waals surface area contributed by atoms with Crippen LogP contribution >= 0.6 is 0 Å². The zero-order valence-corrected chi connectivity index (χ0v) is 14.5. The molecule has 128 valence electrons. The Labute approximate surface area is 141 Å². The van der Waals surface area contributed by atoms with Crippen molar-refractivity contribution in [3.63, 3.8) is 0 Å². The van der Waals surface area contributed by atoms with Crippen molar-refractivity contribution in [2.75, 3.05) is 0 Å². The number of halogens is 1. The van der Waals surface area contributed by atoms with Gasteiger partial charge in [0.2, 0.25) is 5.91 Å². The Balaban J connectivity index is 2.42. The Morgan fingerprint density at radius 3 is 2.42 bits per heavy atom. The van der Waals surface area contributed by atoms with Crippen LogP contribution in [0.1, 0.15) is 43.2 Å². The van der Waals surface area contributed by atoms with E-state index in [0.717, 1.165) is 23.4 Å². The van der Waals surface area contributed by atoms with Gasteiger partial charge in [-0.25, -0.2) is 4.39 Å². The first-order chi connectivity index (χ1) is 11.3. The van der Waals surface area contributed by atoms with E-state index in [0.29, 0.717) is 5.56 Å². The molecule has 1 atom stereocenters. The predicted molar refractivity (Wildman–Crippen MR) is 92.5 cm³/mol. The Hall–Kier alpha value is -2.43. The molecule has 0 saturated carbocycles. The Bertz CT molecular complexity index is 747. The van der Waals surface area contributed by atoms with Crippen molar-refractivity contribution in [2.24, 2.45) is 0 Å². The van der Waals surface area contributed by atoms with Crippen LogP contribution in [0.2, 0.25) is 0 Å². The van der Waals surface area contributed by atoms with Crippen molar-refractivity contribution < 1.29 is 14.0 Å². The third kappa shape index (κ3) is 3.91. The highest BCUT2D eigenvalue weighted by molar-refractivity contribution is 5.97. The number of Topliss-reactive ketones (excluding diaryl/α,β-unsaturated/α-hetero) is 1. The Morgan fingerprint density at radius 1 is 1.25 bits per heavy atom. The van der Waals surface area contributed by atoms with Crippen molar-refractivity contribution in [1.82, 2.24) is 9.88 Å². The van der Waals surface area contributed by atoms with E-state index in [4.69, 9.17) is 0 Å². The van der Waals surface area contributed by atoms with Gasteiger partial charge in [0.25, 0.3) is 0 Å². The topological polar surface area (TPSA) is 51.1 Å². The summed E-state index contributed by atoms with van der Waals surface area (Å²) in [5.74, 6) is -0.492. The molecule has 1 N–H and O–H groups in total. The van der Waals surface area contributed by atoms with Crippen molar-refractivity contribution in [3.05, 3.63) is 47.4 Å². The summed E-state index contributed by atoms with van der Waals surface area (Å²) in [4.78, 5) is 24.1. The molecule has 0 spiro atoms. The molecule has 2 aromatic rings. The lowest BCUT2D eigenvalue weighted by Crippen LogP contribution is -2.35. The average Bonchev–Trinajstić information content (AvgIpc) is 2.85. The third-order valence-electron chi connectivity index (χ3n) is 4.21. The molecular formula is C19H23FN2O2. The second kappa shape index (κ2) is 7.43. The van der Waals surface area contributed by atoms with E-state index < -0.39 is 0 Å². The molecule has 1 aromatic heterocycles. The smallest absolute Gasteiger partial charge is 0.240 e. The molecule has 1 amide bonds. The third-order valence-corrected chi connectivity index (χ3v) is 4.21. The number of carbonyl (C=O) groups excluding carboxylic acids is 2. The summed E-state index contributed by atoms with van der Waals surface area (Å²) in [6.45, 7) is 7.39. The minimum Gasteiger partial charge on any atom is -0.352 e. The van der Waals surface area contributed by atoms with Gasteiger partial charge in [-0.05, 0) is 63.1 Å². The summed E-state index contributed by atoms with van der Waals surface area (Å²) in [7, 11) is 0. The van der Waals surface area contributed by atoms with E-state index in [-0.39, 0.29) is 30.1 Å². The summed E-state index contributed by atoms with van der Waals surface area (Å²) in [6, 6.07) is 7.90. The lowest BCUT2D eigenvalue weighted by Gasteiger charge is -2.15. The van der Waals surface area contributed by atoms with Crippen LogP contribution in [0.25, 0.3) is 11.3 Å². The summed E-state index contributed by atoms with van der Waals surface area (Å²) < 4.78 is 15.0. The minimum absolute atomic E-state index is 0.0584. The van der Waals surface area contributed by atoms with Gasteiger partial charge in [0.15, 0.2) is 5.78 Å². The number of hydrogen-bond acceptors (Lipinski definition) is 2. The van der Waals surface area contributed by atoms with E-state index in [2.05, 4.69) is 5.32 Å². The molecule has 1 heterocycles. The van der Waals surface area contributed by atoms with E-state index in [1.54, 1.807) is 18.2 Å². The summed E-state index contributed by atoms with van der Waals surface area (Å²) in [6.07, 6.45) is 0.847. The maximum absolute atomic E-state index is 13.2. The molecule has 1 aromatic carbocycles. The van der Waals surface area contributed by atoms with Gasteiger partial charge in [0, 0.05) is 23.0 Å². The molecule has 0 radical (unpaired) electrons. The summed E-state index contributed by atoms with van der Waals surface area (Å²) in [5, 5.41) is 2.93. The number of aromatic nitrogens is 1. The van der Waals surface area contributed by atoms with Gasteiger partial charge >= 0.3 is 0 Å². The molecule has 5 heteroatoms. The van der Waals surface area contributed by atoms with Crippen LogP contribution in [-0.4, -0.2) is 22.3 Å². The molecule has 0 bridgehead atoms. The number of amides is 1. The van der Waals surface area contributed by atoms with Gasteiger partial charge in [-0.3, -0.25) is 9.59 Å². The number of ketones is 1. The fourth-order valence-corrected chi connectivity index (χ4v) is 2.63. The van der Waals surface area contributed by atoms with Crippen molar-refractivity contribution >= 4 is 11.7 Å². The highest BCUT2D eigenvalue weighted by Crippen LogP contribution is 2.26. The molecular weight excluding hydrogens is 307 g/mol. The first-order valence-corrected chi connectivity index (χ1v) is 8.09. The number of nitrogens with zero attached hydrogens (tertiary/aromatic N) is 1. The van der Waals surface area contributed by atoms with Crippen molar-refractivity contribution in [2.45, 2.75) is 46.7 Å². The van der Waals surface area contributed by atoms with Gasteiger partial charge < -0.3 is 9.88 Å². The first-order valence-electron chi connectivity index (χ1n) is 8.09. The van der Waals surface area contributed by atoms with Crippen LogP contribution in [0.15, 0.2) is 30.3 Å². The van der Waals surface area contributed by atoms with Gasteiger partial charge in [0.1, 0.15) is 12.4 Å². The monoisotopic (exact) mass is 330 g/mol. The van der Waals surface area contributed by atoms with Crippen LogP contribution < -0.4 is 5.32 Å². The quantitative estimate of drug-likeness (QED) is 0.821. The van der Waals surface area contributed by atoms with Gasteiger partial charge in [0.05, 0.1) is 0 Å². The van der Waals surface area contributed by atoms with Gasteiger partial charge in [-0.15, -0.1) is 0 Å². The zero-order chi connectivity index (χ0) is 17.9. The first kappa shape index (κ1) is 17.9. The molecule has 4 nitrogen and oxygen atoms in total. The SMILES string of the molecule is CC[C@H](C)NC(=O)Cn1c(-c2ccc(F)cc2)cc(C(C)=O)c1C. The van der Waals surface area contributed by atoms with Crippen LogP contribution in [-0.2, 0) is 11.3 Å². The Morgan fingerprint density at radius 2 is 1.88 bits per heavy atom. The highest BCUT2D eigenvalue weighted by Gasteiger charge is 2.18. The molecule has 0 aliphatic heterocycles. The summed E-state index contributed by atoms with van der Waals surface area (Å²) in [5.41, 5.74) is 2.81. The maximum atomic E-state index is 13.2. The lowest BCUT2D eigenvalue weighted by atomic mass is 10.1. The fourth-order valence-electron chi connectivity index (χ4n) is 2.63. The van der Waals surface area contributed by atoms with E-state index in [1.807, 2.05) is 25.3 Å². The number of benzene rings is 1. The van der Waals surface area contributed by atoms with Crippen LogP contribution in [0.4, 0.5) is 4.39 Å². The lowest BCUT2D eigenvalue weighted by molar-refractivity contribution is -0.122. The van der Waals surface area contributed by atoms with Gasteiger partial charge in [-0.2, -0.15) is 0 Å².